The van der Waals surface area contributed by atoms with Crippen molar-refractivity contribution in [3.63, 3.8) is 0 Å². The molecule has 1 atom stereocenters. The van der Waals surface area contributed by atoms with Crippen LogP contribution in [0.25, 0.3) is 10.9 Å². The molecular formula is C9H10N2O2S. The largest absolute Gasteiger partial charge is 0.349 e. The van der Waals surface area contributed by atoms with Crippen LogP contribution in [0.2, 0.25) is 0 Å². The summed E-state index contributed by atoms with van der Waals surface area (Å²) in [4.78, 5) is 2.33. The van der Waals surface area contributed by atoms with Crippen LogP contribution in [0.3, 0.4) is 0 Å². The van der Waals surface area contributed by atoms with Crippen LogP contribution in [-0.4, -0.2) is 14.0 Å². The lowest BCUT2D eigenvalue weighted by molar-refractivity contribution is 0.251. The van der Waals surface area contributed by atoms with E-state index in [1.807, 2.05) is 35.9 Å². The number of nitrogens with zero attached hydrogens (tertiary/aromatic N) is 1. The summed E-state index contributed by atoms with van der Waals surface area (Å²) in [5.74, 6) is 0. The molecule has 1 unspecified atom stereocenters. The van der Waals surface area contributed by atoms with Crippen molar-refractivity contribution in [3.8, 4) is 0 Å². The molecule has 1 aromatic heterocycles. The van der Waals surface area contributed by atoms with Crippen molar-refractivity contribution in [2.45, 2.75) is 4.90 Å². The Hall–Kier alpha value is -1.17. The predicted molar refractivity (Wildman–Crippen MR) is 54.2 cm³/mol. The molecule has 2 aromatic rings. The number of hydrogen-bond donors (Lipinski definition) is 2. The summed E-state index contributed by atoms with van der Waals surface area (Å²) in [6.45, 7) is 0. The zero-order chi connectivity index (χ0) is 10.1. The molecule has 1 heterocycles. The third kappa shape index (κ3) is 1.35. The molecule has 0 radical (unpaired) electrons. The van der Waals surface area contributed by atoms with Crippen LogP contribution in [0.1, 0.15) is 0 Å². The Labute approximate surface area is 83.7 Å². The van der Waals surface area contributed by atoms with Gasteiger partial charge in [0.2, 0.25) is 0 Å². The Bertz CT molecular complexity index is 493. The molecule has 2 rings (SSSR count). The van der Waals surface area contributed by atoms with Gasteiger partial charge in [0, 0.05) is 24.1 Å². The number of aryl methyl sites for hydroxylation is 1. The minimum absolute atomic E-state index is 0.589. The van der Waals surface area contributed by atoms with Gasteiger partial charge in [-0.15, -0.1) is 4.89 Å². The van der Waals surface area contributed by atoms with Gasteiger partial charge in [0.25, 0.3) is 0 Å². The van der Waals surface area contributed by atoms with E-state index < -0.39 is 11.0 Å². The number of aromatic nitrogens is 1. The minimum atomic E-state index is -1.56. The van der Waals surface area contributed by atoms with Crippen molar-refractivity contribution < 1.29 is 9.42 Å². The van der Waals surface area contributed by atoms with Gasteiger partial charge >= 0.3 is 0 Å². The molecule has 0 aliphatic rings. The van der Waals surface area contributed by atoms with Crippen molar-refractivity contribution in [2.75, 3.05) is 0 Å². The Balaban J connectivity index is 2.72. The Morgan fingerprint density at radius 1 is 1.43 bits per heavy atom. The van der Waals surface area contributed by atoms with Crippen molar-refractivity contribution in [1.29, 1.82) is 0 Å². The lowest BCUT2D eigenvalue weighted by Gasteiger charge is -1.95. The average Bonchev–Trinajstić information content (AvgIpc) is 2.56. The van der Waals surface area contributed by atoms with Crippen LogP contribution >= 0.6 is 0 Å². The summed E-state index contributed by atoms with van der Waals surface area (Å²) in [5, 5.41) is 9.48. The molecule has 74 valence electrons. The summed E-state index contributed by atoms with van der Waals surface area (Å²) in [7, 11) is 0.316. The average molecular weight is 210 g/mol. The van der Waals surface area contributed by atoms with E-state index >= 15 is 0 Å². The third-order valence-corrected chi connectivity index (χ3v) is 3.03. The van der Waals surface area contributed by atoms with Gasteiger partial charge in [0.05, 0.1) is 4.90 Å². The Kier molecular flexibility index (Phi) is 2.37. The Morgan fingerprint density at radius 2 is 2.14 bits per heavy atom. The highest BCUT2D eigenvalue weighted by Crippen LogP contribution is 2.22. The quantitative estimate of drug-likeness (QED) is 0.731. The first-order valence-electron chi connectivity index (χ1n) is 4.09. The van der Waals surface area contributed by atoms with Gasteiger partial charge in [-0.05, 0) is 6.07 Å². The molecule has 0 bridgehead atoms. The molecular weight excluding hydrogens is 200 g/mol. The summed E-state index contributed by atoms with van der Waals surface area (Å²) in [5.41, 5.74) is 0.992. The molecule has 0 amide bonds. The van der Waals surface area contributed by atoms with E-state index in [0.29, 0.717) is 4.90 Å². The zero-order valence-electron chi connectivity index (χ0n) is 7.60. The van der Waals surface area contributed by atoms with Gasteiger partial charge in [-0.2, -0.15) is 0 Å². The fourth-order valence-electron chi connectivity index (χ4n) is 1.50. The highest BCUT2D eigenvalue weighted by Gasteiger charge is 2.10. The fourth-order valence-corrected chi connectivity index (χ4v) is 2.23. The van der Waals surface area contributed by atoms with Crippen LogP contribution in [-0.2, 0) is 18.0 Å². The fraction of sp³-hybridized carbons (Fsp3) is 0.111. The van der Waals surface area contributed by atoms with Crippen LogP contribution < -0.4 is 4.89 Å². The highest BCUT2D eigenvalue weighted by atomic mass is 32.2. The third-order valence-electron chi connectivity index (χ3n) is 2.14. The number of rotatable bonds is 2. The number of para-hydroxylation sites is 1. The van der Waals surface area contributed by atoms with Crippen LogP contribution in [0.15, 0.2) is 35.4 Å². The summed E-state index contributed by atoms with van der Waals surface area (Å²) < 4.78 is 13.3. The van der Waals surface area contributed by atoms with Crippen molar-refractivity contribution in [1.82, 2.24) is 9.45 Å². The highest BCUT2D eigenvalue weighted by molar-refractivity contribution is 7.83. The number of hydrogen-bond acceptors (Lipinski definition) is 2. The molecule has 0 aliphatic heterocycles. The van der Waals surface area contributed by atoms with E-state index in [2.05, 4.69) is 0 Å². The van der Waals surface area contributed by atoms with Crippen LogP contribution in [0, 0.1) is 0 Å². The second-order valence-corrected chi connectivity index (χ2v) is 4.14. The first-order valence-corrected chi connectivity index (χ1v) is 5.24. The summed E-state index contributed by atoms with van der Waals surface area (Å²) in [6.07, 6.45) is 1.74. The molecule has 1 aromatic carbocycles. The summed E-state index contributed by atoms with van der Waals surface area (Å²) >= 11 is 0. The van der Waals surface area contributed by atoms with Crippen molar-refractivity contribution in [3.05, 3.63) is 30.5 Å². The molecule has 0 spiro atoms. The van der Waals surface area contributed by atoms with E-state index in [1.165, 1.54) is 0 Å². The summed E-state index contributed by atoms with van der Waals surface area (Å²) in [6, 6.07) is 7.61. The molecule has 4 nitrogen and oxygen atoms in total. The van der Waals surface area contributed by atoms with Gasteiger partial charge in [-0.3, -0.25) is 0 Å². The van der Waals surface area contributed by atoms with Crippen LogP contribution in [0.5, 0.6) is 0 Å². The van der Waals surface area contributed by atoms with Gasteiger partial charge in [0.1, 0.15) is 0 Å². The van der Waals surface area contributed by atoms with Gasteiger partial charge in [0.15, 0.2) is 11.0 Å². The van der Waals surface area contributed by atoms with E-state index in [1.54, 1.807) is 11.1 Å². The second kappa shape index (κ2) is 3.53. The monoisotopic (exact) mass is 210 g/mol. The van der Waals surface area contributed by atoms with Gasteiger partial charge in [-0.1, -0.05) is 18.2 Å². The smallest absolute Gasteiger partial charge is 0.150 e. The maximum Gasteiger partial charge on any atom is 0.150 e. The van der Waals surface area contributed by atoms with E-state index in [4.69, 9.17) is 5.21 Å². The molecule has 14 heavy (non-hydrogen) atoms. The number of nitrogens with one attached hydrogen (secondary N) is 1. The molecule has 0 aliphatic carbocycles. The normalized spacial score (nSPS) is 13.3. The SMILES string of the molecule is Cn1cc(S(=O)NO)c2ccccc21. The Morgan fingerprint density at radius 3 is 2.86 bits per heavy atom. The van der Waals surface area contributed by atoms with E-state index in [0.717, 1.165) is 10.9 Å². The minimum Gasteiger partial charge on any atom is -0.349 e. The van der Waals surface area contributed by atoms with E-state index in [-0.39, 0.29) is 0 Å². The first kappa shape index (κ1) is 9.39. The molecule has 5 heteroatoms. The predicted octanol–water partition coefficient (Wildman–Crippen LogP) is 1.18. The van der Waals surface area contributed by atoms with Crippen molar-refractivity contribution in [2.24, 2.45) is 7.05 Å². The maximum absolute atomic E-state index is 11.4. The molecule has 0 saturated carbocycles. The van der Waals surface area contributed by atoms with Gasteiger partial charge in [-0.25, -0.2) is 4.21 Å². The number of benzene rings is 1. The number of fused-ring (bicyclic) bond motifs is 1. The topological polar surface area (TPSA) is 54.3 Å². The van der Waals surface area contributed by atoms with Crippen molar-refractivity contribution >= 4 is 21.9 Å². The molecule has 2 N–H and O–H groups in total. The van der Waals surface area contributed by atoms with E-state index in [9.17, 15) is 4.21 Å². The standard InChI is InChI=1S/C9H10N2O2S/c1-11-6-9(14(13)10-12)7-4-2-3-5-8(7)11/h2-6,10,12H,1H3. The first-order chi connectivity index (χ1) is 6.74. The molecule has 0 saturated heterocycles. The lowest BCUT2D eigenvalue weighted by atomic mass is 10.2. The van der Waals surface area contributed by atoms with Crippen LogP contribution in [0.4, 0.5) is 0 Å². The lowest BCUT2D eigenvalue weighted by Crippen LogP contribution is -2.10. The molecule has 0 fully saturated rings. The maximum atomic E-state index is 11.4. The zero-order valence-corrected chi connectivity index (χ0v) is 8.41. The second-order valence-electron chi connectivity index (χ2n) is 2.98. The van der Waals surface area contributed by atoms with Gasteiger partial charge < -0.3 is 9.77 Å².